The molecule has 1 fully saturated rings. The Balaban J connectivity index is 2.00. The van der Waals surface area contributed by atoms with Crippen LogP contribution in [0.5, 0.6) is 0 Å². The van der Waals surface area contributed by atoms with Gasteiger partial charge in [0, 0.05) is 18.6 Å². The van der Waals surface area contributed by atoms with Gasteiger partial charge in [0.05, 0.1) is 6.10 Å². The van der Waals surface area contributed by atoms with Crippen molar-refractivity contribution in [1.29, 1.82) is 0 Å². The number of hydrogen-bond donors (Lipinski definition) is 2. The van der Waals surface area contributed by atoms with E-state index in [9.17, 15) is 4.79 Å². The van der Waals surface area contributed by atoms with Crippen molar-refractivity contribution >= 4 is 12.0 Å². The van der Waals surface area contributed by atoms with Gasteiger partial charge < -0.3 is 19.6 Å². The van der Waals surface area contributed by atoms with E-state index in [0.29, 0.717) is 0 Å². The predicted molar refractivity (Wildman–Crippen MR) is 60.1 cm³/mol. The third kappa shape index (κ3) is 2.00. The van der Waals surface area contributed by atoms with Crippen LogP contribution in [0.25, 0.3) is 0 Å². The van der Waals surface area contributed by atoms with E-state index in [1.807, 2.05) is 0 Å². The lowest BCUT2D eigenvalue weighted by Gasteiger charge is -2.50. The molecule has 0 aromatic carbocycles. The molecule has 1 aliphatic rings. The Hall–Kier alpha value is -1.56. The highest BCUT2D eigenvalue weighted by Crippen LogP contribution is 2.43. The van der Waals surface area contributed by atoms with Crippen molar-refractivity contribution in [2.24, 2.45) is 5.41 Å². The number of rotatable bonds is 4. The molecule has 0 aliphatic heterocycles. The molecular formula is C11H16N2O4. The number of hydrogen-bond acceptors (Lipinski definition) is 5. The van der Waals surface area contributed by atoms with Crippen LogP contribution < -0.4 is 5.32 Å². The second-order valence-corrected chi connectivity index (χ2v) is 4.82. The molecule has 2 unspecified atom stereocenters. The zero-order chi connectivity index (χ0) is 12.6. The summed E-state index contributed by atoms with van der Waals surface area (Å²) in [7, 11) is 1.69. The minimum atomic E-state index is -1.09. The van der Waals surface area contributed by atoms with Crippen molar-refractivity contribution in [2.75, 3.05) is 12.4 Å². The molecule has 2 rings (SSSR count). The molecule has 0 spiro atoms. The second-order valence-electron chi connectivity index (χ2n) is 4.82. The number of anilines is 1. The van der Waals surface area contributed by atoms with Gasteiger partial charge in [0.2, 0.25) is 0 Å². The molecule has 1 aliphatic carbocycles. The topological polar surface area (TPSA) is 84.6 Å². The Labute approximate surface area is 99.0 Å². The monoisotopic (exact) mass is 240 g/mol. The summed E-state index contributed by atoms with van der Waals surface area (Å²) in [5.41, 5.74) is -0.111. The largest absolute Gasteiger partial charge is 0.476 e. The van der Waals surface area contributed by atoms with Gasteiger partial charge in [0.25, 0.3) is 6.01 Å². The zero-order valence-electron chi connectivity index (χ0n) is 10.1. The first-order valence-electron chi connectivity index (χ1n) is 5.43. The summed E-state index contributed by atoms with van der Waals surface area (Å²) in [6.45, 7) is 4.17. The summed E-state index contributed by atoms with van der Waals surface area (Å²) >= 11 is 0. The number of nitrogens with zero attached hydrogens (tertiary/aromatic N) is 1. The summed E-state index contributed by atoms with van der Waals surface area (Å²) in [4.78, 5) is 14.5. The van der Waals surface area contributed by atoms with Crippen LogP contribution in [0.2, 0.25) is 0 Å². The molecule has 2 atom stereocenters. The highest BCUT2D eigenvalue weighted by Gasteiger charge is 2.49. The highest BCUT2D eigenvalue weighted by molar-refractivity contribution is 5.85. The van der Waals surface area contributed by atoms with E-state index in [0.717, 1.165) is 12.7 Å². The summed E-state index contributed by atoms with van der Waals surface area (Å²) in [6, 6.07) is 0.419. The fourth-order valence-electron chi connectivity index (χ4n) is 2.12. The average molecular weight is 240 g/mol. The number of aromatic carboxylic acids is 1. The molecule has 0 amide bonds. The van der Waals surface area contributed by atoms with Crippen molar-refractivity contribution in [2.45, 2.75) is 32.4 Å². The fraction of sp³-hybridized carbons (Fsp3) is 0.636. The molecule has 2 N–H and O–H groups in total. The lowest BCUT2D eigenvalue weighted by molar-refractivity contribution is -0.0800. The van der Waals surface area contributed by atoms with Gasteiger partial charge in [0.15, 0.2) is 5.69 Å². The predicted octanol–water partition coefficient (Wildman–Crippen LogP) is 1.60. The van der Waals surface area contributed by atoms with Gasteiger partial charge in [-0.05, 0) is 6.42 Å². The van der Waals surface area contributed by atoms with Crippen molar-refractivity contribution < 1.29 is 19.1 Å². The third-order valence-electron chi connectivity index (χ3n) is 3.48. The van der Waals surface area contributed by atoms with E-state index < -0.39 is 5.97 Å². The van der Waals surface area contributed by atoms with Gasteiger partial charge in [-0.3, -0.25) is 0 Å². The van der Waals surface area contributed by atoms with Crippen LogP contribution in [0.15, 0.2) is 10.7 Å². The van der Waals surface area contributed by atoms with E-state index in [2.05, 4.69) is 24.1 Å². The van der Waals surface area contributed by atoms with E-state index in [4.69, 9.17) is 14.3 Å². The maximum absolute atomic E-state index is 10.6. The van der Waals surface area contributed by atoms with Crippen molar-refractivity contribution in [1.82, 2.24) is 4.98 Å². The SMILES string of the molecule is COC1CC(Nc2nc(C(=O)O)co2)C1(C)C. The minimum absolute atomic E-state index is 0.0212. The Morgan fingerprint density at radius 3 is 2.88 bits per heavy atom. The van der Waals surface area contributed by atoms with Crippen LogP contribution in [0.1, 0.15) is 30.8 Å². The first kappa shape index (κ1) is 11.9. The van der Waals surface area contributed by atoms with E-state index in [1.54, 1.807) is 7.11 Å². The van der Waals surface area contributed by atoms with Crippen LogP contribution in [0.3, 0.4) is 0 Å². The Morgan fingerprint density at radius 1 is 1.71 bits per heavy atom. The van der Waals surface area contributed by atoms with Crippen LogP contribution >= 0.6 is 0 Å². The number of carboxylic acid groups (broad SMARTS) is 1. The summed E-state index contributed by atoms with van der Waals surface area (Å²) in [6.07, 6.45) is 2.19. The maximum Gasteiger partial charge on any atom is 0.357 e. The van der Waals surface area contributed by atoms with E-state index >= 15 is 0 Å². The maximum atomic E-state index is 10.6. The summed E-state index contributed by atoms with van der Waals surface area (Å²) in [5.74, 6) is -1.09. The number of ether oxygens (including phenoxy) is 1. The molecule has 0 radical (unpaired) electrons. The number of methoxy groups -OCH3 is 1. The molecular weight excluding hydrogens is 224 g/mol. The minimum Gasteiger partial charge on any atom is -0.476 e. The van der Waals surface area contributed by atoms with Gasteiger partial charge >= 0.3 is 5.97 Å². The van der Waals surface area contributed by atoms with Crippen LogP contribution in [0.4, 0.5) is 6.01 Å². The van der Waals surface area contributed by atoms with Gasteiger partial charge in [-0.1, -0.05) is 13.8 Å². The zero-order valence-corrected chi connectivity index (χ0v) is 10.1. The lowest BCUT2D eigenvalue weighted by Crippen LogP contribution is -2.57. The van der Waals surface area contributed by atoms with Crippen molar-refractivity contribution in [3.05, 3.63) is 12.0 Å². The molecule has 94 valence electrons. The summed E-state index contributed by atoms with van der Waals surface area (Å²) in [5, 5.41) is 11.8. The van der Waals surface area contributed by atoms with Crippen LogP contribution in [-0.2, 0) is 4.74 Å². The van der Waals surface area contributed by atoms with Gasteiger partial charge in [-0.25, -0.2) is 4.79 Å². The first-order valence-corrected chi connectivity index (χ1v) is 5.43. The lowest BCUT2D eigenvalue weighted by atomic mass is 9.64. The third-order valence-corrected chi connectivity index (χ3v) is 3.48. The quantitative estimate of drug-likeness (QED) is 0.831. The fourth-order valence-corrected chi connectivity index (χ4v) is 2.12. The highest BCUT2D eigenvalue weighted by atomic mass is 16.5. The second kappa shape index (κ2) is 4.03. The number of aromatic nitrogens is 1. The normalized spacial score (nSPS) is 26.3. The molecule has 1 heterocycles. The molecule has 0 bridgehead atoms. The molecule has 6 nitrogen and oxygen atoms in total. The van der Waals surface area contributed by atoms with Gasteiger partial charge in [-0.2, -0.15) is 4.98 Å². The Morgan fingerprint density at radius 2 is 2.41 bits per heavy atom. The van der Waals surface area contributed by atoms with E-state index in [1.165, 1.54) is 0 Å². The van der Waals surface area contributed by atoms with Crippen LogP contribution in [-0.4, -0.2) is 35.3 Å². The molecule has 1 aromatic rings. The average Bonchev–Trinajstić information content (AvgIpc) is 2.72. The molecule has 6 heteroatoms. The van der Waals surface area contributed by atoms with Crippen LogP contribution in [0, 0.1) is 5.41 Å². The number of carboxylic acids is 1. The molecule has 1 saturated carbocycles. The molecule has 17 heavy (non-hydrogen) atoms. The number of oxazole rings is 1. The Kier molecular flexibility index (Phi) is 2.82. The van der Waals surface area contributed by atoms with Gasteiger partial charge in [-0.15, -0.1) is 0 Å². The Bertz CT molecular complexity index is 427. The van der Waals surface area contributed by atoms with Crippen molar-refractivity contribution in [3.8, 4) is 0 Å². The molecule has 1 aromatic heterocycles. The van der Waals surface area contributed by atoms with Crippen molar-refractivity contribution in [3.63, 3.8) is 0 Å². The number of carbonyl (C=O) groups is 1. The van der Waals surface area contributed by atoms with Gasteiger partial charge in [0.1, 0.15) is 6.26 Å². The smallest absolute Gasteiger partial charge is 0.357 e. The molecule has 0 saturated heterocycles. The van der Waals surface area contributed by atoms with E-state index in [-0.39, 0.29) is 29.3 Å². The standard InChI is InChI=1S/C11H16N2O4/c1-11(2)7(4-8(11)16-3)13-10-12-6(5-17-10)9(14)15/h5,7-8H,4H2,1-3H3,(H,12,13)(H,14,15). The summed E-state index contributed by atoms with van der Waals surface area (Å²) < 4.78 is 10.4. The number of nitrogens with one attached hydrogen (secondary N) is 1. The first-order chi connectivity index (χ1) is 7.95.